The zero-order chi connectivity index (χ0) is 15.1. The van der Waals surface area contributed by atoms with Gasteiger partial charge >= 0.3 is 5.97 Å². The van der Waals surface area contributed by atoms with Gasteiger partial charge in [-0.05, 0) is 23.6 Å². The normalized spacial score (nSPS) is 13.4. The quantitative estimate of drug-likeness (QED) is 0.812. The zero-order valence-corrected chi connectivity index (χ0v) is 12.0. The molecule has 0 aromatic heterocycles. The van der Waals surface area contributed by atoms with Gasteiger partial charge in [0.25, 0.3) is 0 Å². The fourth-order valence-corrected chi connectivity index (χ4v) is 1.85. The number of hydrogen-bond acceptors (Lipinski definition) is 3. The van der Waals surface area contributed by atoms with Crippen molar-refractivity contribution in [2.75, 3.05) is 7.11 Å². The van der Waals surface area contributed by atoms with E-state index in [1.807, 2.05) is 13.8 Å². The van der Waals surface area contributed by atoms with Gasteiger partial charge in [-0.15, -0.1) is 0 Å². The molecule has 1 aromatic rings. The van der Waals surface area contributed by atoms with Gasteiger partial charge in [0.2, 0.25) is 5.91 Å². The first-order valence-electron chi connectivity index (χ1n) is 6.59. The molecular formula is C15H20FNO3. The largest absolute Gasteiger partial charge is 0.467 e. The first-order valence-corrected chi connectivity index (χ1v) is 6.59. The van der Waals surface area contributed by atoms with Crippen molar-refractivity contribution < 1.29 is 18.7 Å². The second kappa shape index (κ2) is 7.62. The van der Waals surface area contributed by atoms with Crippen LogP contribution in [0, 0.1) is 11.7 Å². The lowest BCUT2D eigenvalue weighted by Gasteiger charge is -2.21. The van der Waals surface area contributed by atoms with Gasteiger partial charge in [-0.1, -0.05) is 32.4 Å². The molecule has 110 valence electrons. The molecule has 1 N–H and O–H groups in total. The van der Waals surface area contributed by atoms with Crippen LogP contribution in [-0.2, 0) is 20.7 Å². The summed E-state index contributed by atoms with van der Waals surface area (Å²) in [5.41, 5.74) is 0.565. The molecule has 2 atom stereocenters. The summed E-state index contributed by atoms with van der Waals surface area (Å²) in [6.45, 7) is 3.80. The maximum atomic E-state index is 13.0. The third-order valence-electron chi connectivity index (χ3n) is 3.24. The van der Waals surface area contributed by atoms with Crippen molar-refractivity contribution in [2.24, 2.45) is 5.92 Å². The number of carbonyl (C=O) groups excluding carboxylic acids is 2. The number of hydrogen-bond donors (Lipinski definition) is 1. The van der Waals surface area contributed by atoms with Gasteiger partial charge in [-0.2, -0.15) is 0 Å². The van der Waals surface area contributed by atoms with Crippen molar-refractivity contribution in [3.05, 3.63) is 35.6 Å². The monoisotopic (exact) mass is 281 g/mol. The summed E-state index contributed by atoms with van der Waals surface area (Å²) >= 11 is 0. The van der Waals surface area contributed by atoms with Crippen LogP contribution < -0.4 is 5.32 Å². The maximum Gasteiger partial charge on any atom is 0.328 e. The maximum absolute atomic E-state index is 13.0. The summed E-state index contributed by atoms with van der Waals surface area (Å²) in [6.07, 6.45) is 0.766. The van der Waals surface area contributed by atoms with Crippen molar-refractivity contribution >= 4 is 11.9 Å². The SMILES string of the molecule is CC[C@@H](C)[C@@H](NC(=O)Cc1cccc(F)c1)C(=O)OC. The van der Waals surface area contributed by atoms with Gasteiger partial charge in [0, 0.05) is 0 Å². The molecule has 0 saturated heterocycles. The molecule has 0 spiro atoms. The molecule has 1 amide bonds. The molecule has 0 saturated carbocycles. The van der Waals surface area contributed by atoms with Crippen molar-refractivity contribution in [1.29, 1.82) is 0 Å². The van der Waals surface area contributed by atoms with Crippen LogP contribution in [0.25, 0.3) is 0 Å². The molecule has 0 aliphatic heterocycles. The molecule has 0 unspecified atom stereocenters. The number of carbonyl (C=O) groups is 2. The predicted molar refractivity (Wildman–Crippen MR) is 73.5 cm³/mol. The molecule has 0 aliphatic rings. The molecule has 20 heavy (non-hydrogen) atoms. The van der Waals surface area contributed by atoms with Gasteiger partial charge in [-0.3, -0.25) is 4.79 Å². The number of rotatable bonds is 6. The summed E-state index contributed by atoms with van der Waals surface area (Å²) in [5, 5.41) is 2.65. The van der Waals surface area contributed by atoms with E-state index in [2.05, 4.69) is 5.32 Å². The molecule has 1 aromatic carbocycles. The Labute approximate surface area is 118 Å². The number of benzene rings is 1. The molecule has 0 bridgehead atoms. The molecule has 0 heterocycles. The summed E-state index contributed by atoms with van der Waals surface area (Å²) in [7, 11) is 1.29. The molecule has 0 radical (unpaired) electrons. The molecular weight excluding hydrogens is 261 g/mol. The lowest BCUT2D eigenvalue weighted by molar-refractivity contribution is -0.146. The lowest BCUT2D eigenvalue weighted by Crippen LogP contribution is -2.46. The first-order chi connectivity index (χ1) is 9.47. The van der Waals surface area contributed by atoms with Crippen molar-refractivity contribution in [2.45, 2.75) is 32.7 Å². The Morgan fingerprint density at radius 3 is 2.65 bits per heavy atom. The molecule has 5 heteroatoms. The average molecular weight is 281 g/mol. The smallest absolute Gasteiger partial charge is 0.328 e. The molecule has 0 fully saturated rings. The third-order valence-corrected chi connectivity index (χ3v) is 3.24. The van der Waals surface area contributed by atoms with Crippen LogP contribution in [0.15, 0.2) is 24.3 Å². The van der Waals surface area contributed by atoms with E-state index in [4.69, 9.17) is 4.74 Å². The van der Waals surface area contributed by atoms with E-state index in [0.717, 1.165) is 6.42 Å². The molecule has 4 nitrogen and oxygen atoms in total. The van der Waals surface area contributed by atoms with Gasteiger partial charge in [0.1, 0.15) is 11.9 Å². The van der Waals surface area contributed by atoms with Crippen LogP contribution in [0.1, 0.15) is 25.8 Å². The molecule has 1 rings (SSSR count). The average Bonchev–Trinajstić information content (AvgIpc) is 2.43. The minimum atomic E-state index is -0.675. The third kappa shape index (κ3) is 4.64. The summed E-state index contributed by atoms with van der Waals surface area (Å²) in [5.74, 6) is -1.21. The zero-order valence-electron chi connectivity index (χ0n) is 12.0. The highest BCUT2D eigenvalue weighted by molar-refractivity contribution is 5.85. The van der Waals surface area contributed by atoms with E-state index in [1.165, 1.54) is 19.2 Å². The number of methoxy groups -OCH3 is 1. The number of amides is 1. The Kier molecular flexibility index (Phi) is 6.15. The number of ether oxygens (including phenoxy) is 1. The van der Waals surface area contributed by atoms with E-state index in [9.17, 15) is 14.0 Å². The van der Waals surface area contributed by atoms with Gasteiger partial charge in [0.05, 0.1) is 13.5 Å². The second-order valence-electron chi connectivity index (χ2n) is 4.76. The number of halogens is 1. The van der Waals surface area contributed by atoms with Crippen LogP contribution in [0.2, 0.25) is 0 Å². The van der Waals surface area contributed by atoms with Crippen LogP contribution in [-0.4, -0.2) is 25.0 Å². The van der Waals surface area contributed by atoms with E-state index >= 15 is 0 Å². The highest BCUT2D eigenvalue weighted by Gasteiger charge is 2.26. The van der Waals surface area contributed by atoms with Crippen molar-refractivity contribution in [3.63, 3.8) is 0 Å². The highest BCUT2D eigenvalue weighted by atomic mass is 19.1. The number of nitrogens with one attached hydrogen (secondary N) is 1. The summed E-state index contributed by atoms with van der Waals surface area (Å²) < 4.78 is 17.7. The second-order valence-corrected chi connectivity index (χ2v) is 4.76. The molecule has 0 aliphatic carbocycles. The van der Waals surface area contributed by atoms with Crippen LogP contribution >= 0.6 is 0 Å². The highest BCUT2D eigenvalue weighted by Crippen LogP contribution is 2.10. The van der Waals surface area contributed by atoms with Crippen LogP contribution in [0.4, 0.5) is 4.39 Å². The van der Waals surface area contributed by atoms with E-state index in [0.29, 0.717) is 5.56 Å². The standard InChI is InChI=1S/C15H20FNO3/c1-4-10(2)14(15(19)20-3)17-13(18)9-11-6-5-7-12(16)8-11/h5-8,10,14H,4,9H2,1-3H3,(H,17,18)/t10-,14-/m1/s1. The van der Waals surface area contributed by atoms with Gasteiger partial charge in [-0.25, -0.2) is 9.18 Å². The van der Waals surface area contributed by atoms with Crippen molar-refractivity contribution in [3.8, 4) is 0 Å². The minimum Gasteiger partial charge on any atom is -0.467 e. The first kappa shape index (κ1) is 16.1. The topological polar surface area (TPSA) is 55.4 Å². The van der Waals surface area contributed by atoms with E-state index in [-0.39, 0.29) is 24.1 Å². The Balaban J connectivity index is 2.69. The Morgan fingerprint density at radius 1 is 1.40 bits per heavy atom. The van der Waals surface area contributed by atoms with Crippen molar-refractivity contribution in [1.82, 2.24) is 5.32 Å². The lowest BCUT2D eigenvalue weighted by atomic mass is 9.99. The Morgan fingerprint density at radius 2 is 2.10 bits per heavy atom. The summed E-state index contributed by atoms with van der Waals surface area (Å²) in [6, 6.07) is 5.16. The van der Waals surface area contributed by atoms with Crippen LogP contribution in [0.5, 0.6) is 0 Å². The van der Waals surface area contributed by atoms with Crippen LogP contribution in [0.3, 0.4) is 0 Å². The number of esters is 1. The predicted octanol–water partition coefficient (Wildman–Crippen LogP) is 2.07. The van der Waals surface area contributed by atoms with Gasteiger partial charge < -0.3 is 10.1 Å². The minimum absolute atomic E-state index is 0.0288. The fourth-order valence-electron chi connectivity index (χ4n) is 1.85. The van der Waals surface area contributed by atoms with Gasteiger partial charge in [0.15, 0.2) is 0 Å². The Bertz CT molecular complexity index is 476. The Hall–Kier alpha value is -1.91. The van der Waals surface area contributed by atoms with E-state index in [1.54, 1.807) is 12.1 Å². The van der Waals surface area contributed by atoms with E-state index < -0.39 is 12.0 Å². The fraction of sp³-hybridized carbons (Fsp3) is 0.467. The summed E-state index contributed by atoms with van der Waals surface area (Å²) in [4.78, 5) is 23.6.